The average molecular weight is 306 g/mol. The Bertz CT molecular complexity index is 635. The van der Waals surface area contributed by atoms with Gasteiger partial charge in [-0.1, -0.05) is 0 Å². The SMILES string of the molecule is CC(=O)O[C@@H]1c2c(C)coc2C[C@@]2(C)O[C@H]2CC[C@@]2(C)O[C@@H]12. The molecule has 0 radical (unpaired) electrons. The number of fused-ring (bicyclic) bond motifs is 3. The molecule has 0 unspecified atom stereocenters. The van der Waals surface area contributed by atoms with Gasteiger partial charge in [0.15, 0.2) is 6.10 Å². The molecular weight excluding hydrogens is 284 g/mol. The third-order valence-electron chi connectivity index (χ3n) is 5.35. The second kappa shape index (κ2) is 4.36. The minimum absolute atomic E-state index is 0.102. The number of hydrogen-bond donors (Lipinski definition) is 0. The van der Waals surface area contributed by atoms with E-state index in [0.717, 1.165) is 29.7 Å². The minimum atomic E-state index is -0.393. The van der Waals surface area contributed by atoms with Crippen LogP contribution in [0.3, 0.4) is 0 Å². The van der Waals surface area contributed by atoms with Crippen LogP contribution < -0.4 is 0 Å². The molecule has 0 spiro atoms. The van der Waals surface area contributed by atoms with Crippen molar-refractivity contribution in [3.8, 4) is 0 Å². The highest BCUT2D eigenvalue weighted by molar-refractivity contribution is 5.66. The van der Waals surface area contributed by atoms with Gasteiger partial charge < -0.3 is 18.6 Å². The number of furan rings is 1. The van der Waals surface area contributed by atoms with Crippen LogP contribution in [0.4, 0.5) is 0 Å². The van der Waals surface area contributed by atoms with Gasteiger partial charge in [0.2, 0.25) is 0 Å². The lowest BCUT2D eigenvalue weighted by Gasteiger charge is -2.20. The fraction of sp³-hybridized carbons (Fsp3) is 0.706. The van der Waals surface area contributed by atoms with Gasteiger partial charge in [-0.3, -0.25) is 4.79 Å². The van der Waals surface area contributed by atoms with E-state index in [-0.39, 0.29) is 29.4 Å². The van der Waals surface area contributed by atoms with E-state index in [9.17, 15) is 4.79 Å². The lowest BCUT2D eigenvalue weighted by molar-refractivity contribution is -0.147. The molecule has 0 saturated carbocycles. The number of carbonyl (C=O) groups excluding carboxylic acids is 1. The van der Waals surface area contributed by atoms with Gasteiger partial charge >= 0.3 is 5.97 Å². The van der Waals surface area contributed by atoms with Crippen LogP contribution in [-0.2, 0) is 25.4 Å². The van der Waals surface area contributed by atoms with Gasteiger partial charge in [0.05, 0.1) is 23.6 Å². The Morgan fingerprint density at radius 1 is 1.32 bits per heavy atom. The predicted octanol–water partition coefficient (Wildman–Crippen LogP) is 2.84. The van der Waals surface area contributed by atoms with Crippen molar-refractivity contribution in [2.75, 3.05) is 0 Å². The first-order valence-electron chi connectivity index (χ1n) is 7.92. The zero-order valence-corrected chi connectivity index (χ0v) is 13.5. The zero-order chi connectivity index (χ0) is 15.7. The first kappa shape index (κ1) is 14.3. The van der Waals surface area contributed by atoms with Gasteiger partial charge in [0, 0.05) is 18.9 Å². The van der Waals surface area contributed by atoms with Gasteiger partial charge in [-0.15, -0.1) is 0 Å². The number of esters is 1. The molecule has 0 N–H and O–H groups in total. The maximum atomic E-state index is 11.6. The summed E-state index contributed by atoms with van der Waals surface area (Å²) in [5.74, 6) is 0.562. The highest BCUT2D eigenvalue weighted by Crippen LogP contribution is 2.54. The Morgan fingerprint density at radius 2 is 2.09 bits per heavy atom. The van der Waals surface area contributed by atoms with Crippen molar-refractivity contribution in [1.29, 1.82) is 0 Å². The maximum Gasteiger partial charge on any atom is 0.303 e. The summed E-state index contributed by atoms with van der Waals surface area (Å²) < 4.78 is 23.3. The zero-order valence-electron chi connectivity index (χ0n) is 13.5. The van der Waals surface area contributed by atoms with Crippen LogP contribution in [0.2, 0.25) is 0 Å². The van der Waals surface area contributed by atoms with Crippen LogP contribution in [0, 0.1) is 6.92 Å². The maximum absolute atomic E-state index is 11.6. The summed E-state index contributed by atoms with van der Waals surface area (Å²) in [6.07, 6.45) is 4.09. The molecule has 0 bridgehead atoms. The fourth-order valence-corrected chi connectivity index (χ4v) is 3.86. The Balaban J connectivity index is 1.76. The number of epoxide rings is 2. The predicted molar refractivity (Wildman–Crippen MR) is 77.4 cm³/mol. The fourth-order valence-electron chi connectivity index (χ4n) is 3.86. The molecule has 1 aromatic rings. The summed E-state index contributed by atoms with van der Waals surface area (Å²) in [6, 6.07) is 0. The topological polar surface area (TPSA) is 64.5 Å². The largest absolute Gasteiger partial charge is 0.469 e. The van der Waals surface area contributed by atoms with Crippen LogP contribution in [0.1, 0.15) is 56.6 Å². The van der Waals surface area contributed by atoms with Crippen molar-refractivity contribution in [2.24, 2.45) is 0 Å². The summed E-state index contributed by atoms with van der Waals surface area (Å²) in [6.45, 7) is 7.63. The highest BCUT2D eigenvalue weighted by atomic mass is 16.6. The summed E-state index contributed by atoms with van der Waals surface area (Å²) in [7, 11) is 0. The number of hydrogen-bond acceptors (Lipinski definition) is 5. The lowest BCUT2D eigenvalue weighted by Crippen LogP contribution is -2.25. The number of rotatable bonds is 1. The molecule has 1 aromatic heterocycles. The monoisotopic (exact) mass is 306 g/mol. The number of carbonyl (C=O) groups is 1. The van der Waals surface area contributed by atoms with E-state index < -0.39 is 6.10 Å². The van der Waals surface area contributed by atoms with Gasteiger partial charge in [0.25, 0.3) is 0 Å². The Morgan fingerprint density at radius 3 is 2.82 bits per heavy atom. The molecule has 2 fully saturated rings. The van der Waals surface area contributed by atoms with Crippen LogP contribution in [-0.4, -0.2) is 29.4 Å². The molecule has 120 valence electrons. The van der Waals surface area contributed by atoms with Crippen molar-refractivity contribution in [1.82, 2.24) is 0 Å². The van der Waals surface area contributed by atoms with E-state index >= 15 is 0 Å². The summed E-state index contributed by atoms with van der Waals surface area (Å²) >= 11 is 0. The Labute approximate surface area is 129 Å². The van der Waals surface area contributed by atoms with Gasteiger partial charge in [-0.25, -0.2) is 0 Å². The highest BCUT2D eigenvalue weighted by Gasteiger charge is 2.62. The quantitative estimate of drug-likeness (QED) is 0.589. The average Bonchev–Trinajstić information content (AvgIpc) is 3.23. The molecule has 1 aliphatic carbocycles. The van der Waals surface area contributed by atoms with Crippen LogP contribution in [0.5, 0.6) is 0 Å². The summed E-state index contributed by atoms with van der Waals surface area (Å²) in [5, 5.41) is 0. The van der Waals surface area contributed by atoms with Crippen LogP contribution in [0.15, 0.2) is 10.7 Å². The lowest BCUT2D eigenvalue weighted by atomic mass is 9.86. The molecule has 5 atom stereocenters. The first-order valence-corrected chi connectivity index (χ1v) is 7.92. The van der Waals surface area contributed by atoms with Crippen LogP contribution in [0.25, 0.3) is 0 Å². The molecule has 2 aliphatic heterocycles. The second-order valence-corrected chi connectivity index (χ2v) is 7.27. The molecule has 22 heavy (non-hydrogen) atoms. The molecule has 2 saturated heterocycles. The molecule has 3 heterocycles. The summed E-state index contributed by atoms with van der Waals surface area (Å²) in [4.78, 5) is 11.6. The van der Waals surface area contributed by atoms with Crippen molar-refractivity contribution in [3.05, 3.63) is 23.2 Å². The molecule has 4 rings (SSSR count). The summed E-state index contributed by atoms with van der Waals surface area (Å²) in [5.41, 5.74) is 1.55. The van der Waals surface area contributed by atoms with Crippen molar-refractivity contribution >= 4 is 5.97 Å². The minimum Gasteiger partial charge on any atom is -0.469 e. The molecule has 5 nitrogen and oxygen atoms in total. The molecule has 3 aliphatic rings. The molecule has 5 heteroatoms. The van der Waals surface area contributed by atoms with E-state index in [4.69, 9.17) is 18.6 Å². The Kier molecular flexibility index (Phi) is 2.83. The number of ether oxygens (including phenoxy) is 3. The van der Waals surface area contributed by atoms with E-state index in [0.29, 0.717) is 6.42 Å². The molecule has 0 aromatic carbocycles. The normalized spacial score (nSPS) is 42.6. The van der Waals surface area contributed by atoms with Crippen molar-refractivity contribution < 1.29 is 23.4 Å². The first-order chi connectivity index (χ1) is 10.3. The van der Waals surface area contributed by atoms with Gasteiger partial charge in [-0.05, 0) is 39.2 Å². The molecular formula is C17H22O5. The standard InChI is InChI=1S/C17H22O5/c1-9-8-19-11-7-17(4)12(21-17)5-6-16(3)15(22-16)14(13(9)11)20-10(2)18/h8,12,14-15H,5-7H2,1-4H3/t12-,14+,15-,16+,17+/m0/s1. The van der Waals surface area contributed by atoms with Crippen LogP contribution >= 0.6 is 0 Å². The van der Waals surface area contributed by atoms with Crippen molar-refractivity contribution in [2.45, 2.75) is 76.5 Å². The van der Waals surface area contributed by atoms with E-state index in [1.54, 1.807) is 6.26 Å². The Hall–Kier alpha value is -1.33. The third-order valence-corrected chi connectivity index (χ3v) is 5.35. The van der Waals surface area contributed by atoms with Gasteiger partial charge in [-0.2, -0.15) is 0 Å². The molecule has 0 amide bonds. The smallest absolute Gasteiger partial charge is 0.303 e. The second-order valence-electron chi connectivity index (χ2n) is 7.27. The van der Waals surface area contributed by atoms with E-state index in [2.05, 4.69) is 13.8 Å². The van der Waals surface area contributed by atoms with E-state index in [1.807, 2.05) is 6.92 Å². The van der Waals surface area contributed by atoms with E-state index in [1.165, 1.54) is 6.92 Å². The van der Waals surface area contributed by atoms with Gasteiger partial charge in [0.1, 0.15) is 11.9 Å². The number of aryl methyl sites for hydroxylation is 1. The third kappa shape index (κ3) is 2.10. The van der Waals surface area contributed by atoms with Crippen molar-refractivity contribution in [3.63, 3.8) is 0 Å².